The van der Waals surface area contributed by atoms with Gasteiger partial charge >= 0.3 is 0 Å². The Morgan fingerprint density at radius 2 is 2.04 bits per heavy atom. The van der Waals surface area contributed by atoms with Gasteiger partial charge in [0.2, 0.25) is 11.8 Å². The standard InChI is InChI=1S/C20H27N5O2/c1-4-9-24-13-22-23-18(24)11-21-20(27)16-10-19(26)25(12-16)17-7-5-15(6-8-17)14(2)3/h5-8,13-14,16H,4,9-12H2,1-3H3,(H,21,27)/t16-/m1/s1. The first-order valence-electron chi connectivity index (χ1n) is 9.54. The van der Waals surface area contributed by atoms with Crippen molar-refractivity contribution in [2.75, 3.05) is 11.4 Å². The Kier molecular flexibility index (Phi) is 5.88. The predicted molar refractivity (Wildman–Crippen MR) is 103 cm³/mol. The van der Waals surface area contributed by atoms with E-state index in [0.29, 0.717) is 19.0 Å². The monoisotopic (exact) mass is 369 g/mol. The van der Waals surface area contributed by atoms with E-state index in [2.05, 4.69) is 36.3 Å². The number of anilines is 1. The predicted octanol–water partition coefficient (Wildman–Crippen LogP) is 2.48. The molecule has 0 spiro atoms. The summed E-state index contributed by atoms with van der Waals surface area (Å²) in [7, 11) is 0. The number of carbonyl (C=O) groups is 2. The molecule has 1 saturated heterocycles. The van der Waals surface area contributed by atoms with Crippen LogP contribution in [0.2, 0.25) is 0 Å². The summed E-state index contributed by atoms with van der Waals surface area (Å²) in [5.41, 5.74) is 2.08. The van der Waals surface area contributed by atoms with Crippen molar-refractivity contribution < 1.29 is 9.59 Å². The van der Waals surface area contributed by atoms with E-state index in [9.17, 15) is 9.59 Å². The molecule has 7 heteroatoms. The molecule has 0 bridgehead atoms. The summed E-state index contributed by atoms with van der Waals surface area (Å²) in [4.78, 5) is 26.6. The van der Waals surface area contributed by atoms with Crippen LogP contribution >= 0.6 is 0 Å². The van der Waals surface area contributed by atoms with Gasteiger partial charge in [-0.15, -0.1) is 10.2 Å². The van der Waals surface area contributed by atoms with E-state index in [1.807, 2.05) is 28.8 Å². The van der Waals surface area contributed by atoms with Crippen molar-refractivity contribution in [3.8, 4) is 0 Å². The van der Waals surface area contributed by atoms with Crippen molar-refractivity contribution in [1.29, 1.82) is 0 Å². The highest BCUT2D eigenvalue weighted by atomic mass is 16.2. The zero-order valence-electron chi connectivity index (χ0n) is 16.2. The van der Waals surface area contributed by atoms with Gasteiger partial charge < -0.3 is 14.8 Å². The molecule has 2 heterocycles. The maximum absolute atomic E-state index is 12.5. The average molecular weight is 369 g/mol. The van der Waals surface area contributed by atoms with Gasteiger partial charge in [0, 0.05) is 25.2 Å². The molecule has 0 unspecified atom stereocenters. The summed E-state index contributed by atoms with van der Waals surface area (Å²) in [5.74, 6) is 0.708. The minimum Gasteiger partial charge on any atom is -0.348 e. The number of hydrogen-bond acceptors (Lipinski definition) is 4. The summed E-state index contributed by atoms with van der Waals surface area (Å²) < 4.78 is 1.93. The van der Waals surface area contributed by atoms with Crippen LogP contribution in [0.25, 0.3) is 0 Å². The van der Waals surface area contributed by atoms with Gasteiger partial charge in [-0.25, -0.2) is 0 Å². The first-order chi connectivity index (χ1) is 13.0. The minimum absolute atomic E-state index is 0.0124. The van der Waals surface area contributed by atoms with E-state index >= 15 is 0 Å². The maximum atomic E-state index is 12.5. The molecule has 27 heavy (non-hydrogen) atoms. The van der Waals surface area contributed by atoms with Gasteiger partial charge in [0.1, 0.15) is 6.33 Å². The van der Waals surface area contributed by atoms with Crippen molar-refractivity contribution >= 4 is 17.5 Å². The lowest BCUT2D eigenvalue weighted by atomic mass is 10.0. The summed E-state index contributed by atoms with van der Waals surface area (Å²) >= 11 is 0. The average Bonchev–Trinajstić information content (AvgIpc) is 3.26. The van der Waals surface area contributed by atoms with Gasteiger partial charge in [-0.2, -0.15) is 0 Å². The molecule has 3 rings (SSSR count). The third-order valence-corrected chi connectivity index (χ3v) is 4.95. The zero-order chi connectivity index (χ0) is 19.4. The molecule has 2 amide bonds. The number of benzene rings is 1. The van der Waals surface area contributed by atoms with Crippen LogP contribution in [0.4, 0.5) is 5.69 Å². The number of nitrogens with one attached hydrogen (secondary N) is 1. The van der Waals surface area contributed by atoms with Crippen molar-refractivity contribution in [2.45, 2.75) is 52.6 Å². The van der Waals surface area contributed by atoms with Gasteiger partial charge in [-0.3, -0.25) is 9.59 Å². The lowest BCUT2D eigenvalue weighted by Crippen LogP contribution is -2.33. The highest BCUT2D eigenvalue weighted by molar-refractivity contribution is 6.00. The van der Waals surface area contributed by atoms with E-state index in [4.69, 9.17) is 0 Å². The van der Waals surface area contributed by atoms with Gasteiger partial charge in [-0.05, 0) is 30.0 Å². The number of aryl methyl sites for hydroxylation is 1. The fourth-order valence-corrected chi connectivity index (χ4v) is 3.33. The van der Waals surface area contributed by atoms with E-state index in [1.165, 1.54) is 5.56 Å². The SMILES string of the molecule is CCCn1cnnc1CNC(=O)[C@@H]1CC(=O)N(c2ccc(C(C)C)cc2)C1. The number of nitrogens with zero attached hydrogens (tertiary/aromatic N) is 4. The van der Waals surface area contributed by atoms with Gasteiger partial charge in [0.25, 0.3) is 0 Å². The highest BCUT2D eigenvalue weighted by Gasteiger charge is 2.35. The number of amides is 2. The van der Waals surface area contributed by atoms with Crippen LogP contribution in [0, 0.1) is 5.92 Å². The summed E-state index contributed by atoms with van der Waals surface area (Å²) in [5, 5.41) is 10.9. The first kappa shape index (κ1) is 19.1. The Bertz CT molecular complexity index is 797. The molecule has 0 aliphatic carbocycles. The van der Waals surface area contributed by atoms with E-state index in [0.717, 1.165) is 24.5 Å². The second-order valence-electron chi connectivity index (χ2n) is 7.31. The molecular formula is C20H27N5O2. The Morgan fingerprint density at radius 1 is 1.30 bits per heavy atom. The molecule has 144 valence electrons. The van der Waals surface area contributed by atoms with Crippen molar-refractivity contribution in [3.05, 3.63) is 42.0 Å². The molecule has 1 aromatic carbocycles. The fourth-order valence-electron chi connectivity index (χ4n) is 3.33. The molecule has 0 radical (unpaired) electrons. The lowest BCUT2D eigenvalue weighted by molar-refractivity contribution is -0.126. The zero-order valence-corrected chi connectivity index (χ0v) is 16.2. The maximum Gasteiger partial charge on any atom is 0.227 e. The number of carbonyl (C=O) groups excluding carboxylic acids is 2. The lowest BCUT2D eigenvalue weighted by Gasteiger charge is -2.17. The van der Waals surface area contributed by atoms with Crippen LogP contribution in [-0.4, -0.2) is 33.1 Å². The Balaban J connectivity index is 1.59. The van der Waals surface area contributed by atoms with Crippen LogP contribution in [0.1, 0.15) is 50.9 Å². The number of hydrogen-bond donors (Lipinski definition) is 1. The van der Waals surface area contributed by atoms with Crippen molar-refractivity contribution in [3.63, 3.8) is 0 Å². The van der Waals surface area contributed by atoms with Crippen molar-refractivity contribution in [2.24, 2.45) is 5.92 Å². The van der Waals surface area contributed by atoms with E-state index in [1.54, 1.807) is 11.2 Å². The topological polar surface area (TPSA) is 80.1 Å². The normalized spacial score (nSPS) is 17.0. The molecule has 1 aliphatic rings. The quantitative estimate of drug-likeness (QED) is 0.813. The van der Waals surface area contributed by atoms with E-state index in [-0.39, 0.29) is 24.2 Å². The summed E-state index contributed by atoms with van der Waals surface area (Å²) in [6.07, 6.45) is 2.88. The second kappa shape index (κ2) is 8.33. The number of aromatic nitrogens is 3. The Morgan fingerprint density at radius 3 is 2.70 bits per heavy atom. The van der Waals surface area contributed by atoms with E-state index < -0.39 is 0 Å². The summed E-state index contributed by atoms with van der Waals surface area (Å²) in [6, 6.07) is 8.00. The van der Waals surface area contributed by atoms with Crippen LogP contribution in [-0.2, 0) is 22.7 Å². The van der Waals surface area contributed by atoms with Crippen LogP contribution in [0.3, 0.4) is 0 Å². The smallest absolute Gasteiger partial charge is 0.227 e. The third-order valence-electron chi connectivity index (χ3n) is 4.95. The molecular weight excluding hydrogens is 342 g/mol. The first-order valence-corrected chi connectivity index (χ1v) is 9.54. The largest absolute Gasteiger partial charge is 0.348 e. The minimum atomic E-state index is -0.343. The van der Waals surface area contributed by atoms with Gasteiger partial charge in [0.15, 0.2) is 5.82 Å². The molecule has 2 aromatic rings. The molecule has 7 nitrogen and oxygen atoms in total. The van der Waals surface area contributed by atoms with Crippen LogP contribution in [0.5, 0.6) is 0 Å². The molecule has 1 N–H and O–H groups in total. The Labute approximate surface area is 159 Å². The fraction of sp³-hybridized carbons (Fsp3) is 0.500. The highest BCUT2D eigenvalue weighted by Crippen LogP contribution is 2.27. The van der Waals surface area contributed by atoms with Crippen LogP contribution in [0.15, 0.2) is 30.6 Å². The molecule has 1 fully saturated rings. The van der Waals surface area contributed by atoms with Gasteiger partial charge in [-0.1, -0.05) is 32.9 Å². The molecule has 1 atom stereocenters. The van der Waals surface area contributed by atoms with Gasteiger partial charge in [0.05, 0.1) is 12.5 Å². The van der Waals surface area contributed by atoms with Crippen LogP contribution < -0.4 is 10.2 Å². The molecule has 0 saturated carbocycles. The second-order valence-corrected chi connectivity index (χ2v) is 7.31. The summed E-state index contributed by atoms with van der Waals surface area (Å²) in [6.45, 7) is 7.91. The molecule has 1 aliphatic heterocycles. The third kappa shape index (κ3) is 4.35. The van der Waals surface area contributed by atoms with Crippen molar-refractivity contribution in [1.82, 2.24) is 20.1 Å². The Hall–Kier alpha value is -2.70. The molecule has 1 aromatic heterocycles. The number of rotatable bonds is 7.